The molecule has 4 heteroatoms. The average Bonchev–Trinajstić information content (AvgIpc) is 2.56. The van der Waals surface area contributed by atoms with Gasteiger partial charge in [0.25, 0.3) is 0 Å². The van der Waals surface area contributed by atoms with Crippen molar-refractivity contribution >= 4 is 16.8 Å². The topological polar surface area (TPSA) is 44.9 Å². The summed E-state index contributed by atoms with van der Waals surface area (Å²) in [7, 11) is 0. The van der Waals surface area contributed by atoms with Crippen LogP contribution in [0.15, 0.2) is 18.3 Å². The van der Waals surface area contributed by atoms with Crippen LogP contribution in [0.2, 0.25) is 0 Å². The van der Waals surface area contributed by atoms with E-state index in [-0.39, 0.29) is 18.3 Å². The highest BCUT2D eigenvalue weighted by atomic mass is 19.1. The van der Waals surface area contributed by atoms with Gasteiger partial charge in [-0.2, -0.15) is 0 Å². The molecule has 1 heterocycles. The number of rotatable bonds is 2. The summed E-state index contributed by atoms with van der Waals surface area (Å²) >= 11 is 0. The van der Waals surface area contributed by atoms with Crippen molar-refractivity contribution in [2.45, 2.75) is 20.4 Å². The Kier molecular flexibility index (Phi) is 2.64. The van der Waals surface area contributed by atoms with Crippen LogP contribution in [0.4, 0.5) is 4.39 Å². The Balaban J connectivity index is 2.40. The Morgan fingerprint density at radius 2 is 2.25 bits per heavy atom. The monoisotopic (exact) mass is 220 g/mol. The van der Waals surface area contributed by atoms with Crippen molar-refractivity contribution in [1.29, 1.82) is 0 Å². The zero-order chi connectivity index (χ0) is 11.7. The first kappa shape index (κ1) is 10.7. The van der Waals surface area contributed by atoms with E-state index < -0.39 is 0 Å². The molecule has 2 aromatic rings. The van der Waals surface area contributed by atoms with Crippen LogP contribution in [-0.2, 0) is 11.3 Å². The molecule has 3 nitrogen and oxygen atoms in total. The van der Waals surface area contributed by atoms with Gasteiger partial charge in [0.2, 0.25) is 5.91 Å². The molecule has 0 radical (unpaired) electrons. The third-order valence-corrected chi connectivity index (χ3v) is 2.58. The molecule has 1 aromatic carbocycles. The molecular weight excluding hydrogens is 207 g/mol. The highest BCUT2D eigenvalue weighted by Crippen LogP contribution is 2.21. The molecule has 0 aliphatic carbocycles. The van der Waals surface area contributed by atoms with Crippen LogP contribution in [0.3, 0.4) is 0 Å². The molecule has 1 amide bonds. The van der Waals surface area contributed by atoms with Crippen molar-refractivity contribution in [2.24, 2.45) is 0 Å². The van der Waals surface area contributed by atoms with Crippen LogP contribution in [0.1, 0.15) is 18.1 Å². The molecule has 0 atom stereocenters. The zero-order valence-corrected chi connectivity index (χ0v) is 9.23. The van der Waals surface area contributed by atoms with Gasteiger partial charge in [-0.1, -0.05) is 0 Å². The summed E-state index contributed by atoms with van der Waals surface area (Å²) in [6, 6.07) is 3.23. The molecule has 0 bridgehead atoms. The summed E-state index contributed by atoms with van der Waals surface area (Å²) < 4.78 is 13.6. The SMILES string of the molecule is CC(=O)NCc1cc2c(C)c[nH]c2cc1F. The summed E-state index contributed by atoms with van der Waals surface area (Å²) in [5.74, 6) is -0.464. The largest absolute Gasteiger partial charge is 0.361 e. The lowest BCUT2D eigenvalue weighted by Crippen LogP contribution is -2.19. The smallest absolute Gasteiger partial charge is 0.217 e. The number of hydrogen-bond donors (Lipinski definition) is 2. The van der Waals surface area contributed by atoms with E-state index >= 15 is 0 Å². The number of halogens is 1. The van der Waals surface area contributed by atoms with Crippen LogP contribution < -0.4 is 5.32 Å². The van der Waals surface area contributed by atoms with Crippen LogP contribution in [0, 0.1) is 12.7 Å². The molecule has 0 aliphatic heterocycles. The minimum absolute atomic E-state index is 0.162. The van der Waals surface area contributed by atoms with Gasteiger partial charge >= 0.3 is 0 Å². The second-order valence-corrected chi connectivity index (χ2v) is 3.87. The molecule has 2 N–H and O–H groups in total. The number of amides is 1. The number of aromatic nitrogens is 1. The van der Waals surface area contributed by atoms with E-state index in [1.165, 1.54) is 13.0 Å². The number of hydrogen-bond acceptors (Lipinski definition) is 1. The fourth-order valence-electron chi connectivity index (χ4n) is 1.68. The highest BCUT2D eigenvalue weighted by molar-refractivity contribution is 5.84. The number of benzene rings is 1. The van der Waals surface area contributed by atoms with E-state index in [0.29, 0.717) is 5.56 Å². The minimum atomic E-state index is -0.303. The third kappa shape index (κ3) is 1.91. The van der Waals surface area contributed by atoms with Gasteiger partial charge in [0.15, 0.2) is 0 Å². The lowest BCUT2D eigenvalue weighted by atomic mass is 10.1. The van der Waals surface area contributed by atoms with E-state index in [2.05, 4.69) is 10.3 Å². The van der Waals surface area contributed by atoms with Gasteiger partial charge in [-0.3, -0.25) is 4.79 Å². The number of aromatic amines is 1. The van der Waals surface area contributed by atoms with Crippen LogP contribution >= 0.6 is 0 Å². The summed E-state index contributed by atoms with van der Waals surface area (Å²) in [4.78, 5) is 13.8. The summed E-state index contributed by atoms with van der Waals surface area (Å²) in [6.45, 7) is 3.60. The first-order valence-electron chi connectivity index (χ1n) is 5.08. The molecule has 0 saturated heterocycles. The van der Waals surface area contributed by atoms with E-state index in [9.17, 15) is 9.18 Å². The lowest BCUT2D eigenvalue weighted by molar-refractivity contribution is -0.119. The highest BCUT2D eigenvalue weighted by Gasteiger charge is 2.07. The van der Waals surface area contributed by atoms with Crippen molar-refractivity contribution in [3.63, 3.8) is 0 Å². The Hall–Kier alpha value is -1.84. The molecule has 16 heavy (non-hydrogen) atoms. The van der Waals surface area contributed by atoms with Gasteiger partial charge in [-0.05, 0) is 24.6 Å². The van der Waals surface area contributed by atoms with Crippen molar-refractivity contribution in [3.05, 3.63) is 35.3 Å². The Bertz CT molecular complexity index is 545. The number of H-pyrrole nitrogens is 1. The number of fused-ring (bicyclic) bond motifs is 1. The number of aryl methyl sites for hydroxylation is 1. The van der Waals surface area contributed by atoms with E-state index in [4.69, 9.17) is 0 Å². The Morgan fingerprint density at radius 3 is 2.94 bits per heavy atom. The number of carbonyl (C=O) groups excluding carboxylic acids is 1. The van der Waals surface area contributed by atoms with Gasteiger partial charge in [0.05, 0.1) is 0 Å². The maximum Gasteiger partial charge on any atom is 0.217 e. The third-order valence-electron chi connectivity index (χ3n) is 2.58. The van der Waals surface area contributed by atoms with E-state index in [1.807, 2.05) is 13.1 Å². The molecule has 0 aliphatic rings. The van der Waals surface area contributed by atoms with Gasteiger partial charge in [-0.25, -0.2) is 4.39 Å². The van der Waals surface area contributed by atoms with E-state index in [0.717, 1.165) is 16.5 Å². The van der Waals surface area contributed by atoms with Gasteiger partial charge < -0.3 is 10.3 Å². The molecule has 1 aromatic heterocycles. The van der Waals surface area contributed by atoms with Crippen molar-refractivity contribution in [3.8, 4) is 0 Å². The summed E-state index contributed by atoms with van der Waals surface area (Å²) in [6.07, 6.45) is 1.84. The molecule has 2 rings (SSSR count). The number of carbonyl (C=O) groups is 1. The maximum absolute atomic E-state index is 13.6. The summed E-state index contributed by atoms with van der Waals surface area (Å²) in [5.41, 5.74) is 2.35. The number of nitrogens with one attached hydrogen (secondary N) is 2. The molecule has 0 unspecified atom stereocenters. The standard InChI is InChI=1S/C12H13FN2O/c1-7-5-15-12-4-11(13)9(3-10(7)12)6-14-8(2)16/h3-5,15H,6H2,1-2H3,(H,14,16). The average molecular weight is 220 g/mol. The molecule has 0 saturated carbocycles. The van der Waals surface area contributed by atoms with Crippen LogP contribution in [0.25, 0.3) is 10.9 Å². The second-order valence-electron chi connectivity index (χ2n) is 3.87. The second kappa shape index (κ2) is 3.96. The van der Waals surface area contributed by atoms with Gasteiger partial charge in [0, 0.05) is 36.1 Å². The molecular formula is C12H13FN2O. The Morgan fingerprint density at radius 1 is 1.50 bits per heavy atom. The minimum Gasteiger partial charge on any atom is -0.361 e. The fraction of sp³-hybridized carbons (Fsp3) is 0.250. The quantitative estimate of drug-likeness (QED) is 0.801. The summed E-state index contributed by atoms with van der Waals surface area (Å²) in [5, 5.41) is 3.58. The van der Waals surface area contributed by atoms with Gasteiger partial charge in [0.1, 0.15) is 5.82 Å². The Labute approximate surface area is 92.7 Å². The predicted molar refractivity (Wildman–Crippen MR) is 60.5 cm³/mol. The maximum atomic E-state index is 13.6. The lowest BCUT2D eigenvalue weighted by Gasteiger charge is -2.04. The van der Waals surface area contributed by atoms with Gasteiger partial charge in [-0.15, -0.1) is 0 Å². The van der Waals surface area contributed by atoms with E-state index in [1.54, 1.807) is 6.07 Å². The van der Waals surface area contributed by atoms with Crippen molar-refractivity contribution in [1.82, 2.24) is 10.3 Å². The fourth-order valence-corrected chi connectivity index (χ4v) is 1.68. The predicted octanol–water partition coefficient (Wildman–Crippen LogP) is 2.25. The molecule has 0 spiro atoms. The van der Waals surface area contributed by atoms with Crippen molar-refractivity contribution in [2.75, 3.05) is 0 Å². The molecule has 84 valence electrons. The first-order chi connectivity index (χ1) is 7.58. The van der Waals surface area contributed by atoms with Crippen molar-refractivity contribution < 1.29 is 9.18 Å². The van der Waals surface area contributed by atoms with Crippen LogP contribution in [-0.4, -0.2) is 10.9 Å². The zero-order valence-electron chi connectivity index (χ0n) is 9.23. The normalized spacial score (nSPS) is 10.7. The molecule has 0 fully saturated rings. The van der Waals surface area contributed by atoms with Crippen LogP contribution in [0.5, 0.6) is 0 Å². The first-order valence-corrected chi connectivity index (χ1v) is 5.08.